The van der Waals surface area contributed by atoms with Gasteiger partial charge in [-0.15, -0.1) is 0 Å². The molecule has 0 bridgehead atoms. The van der Waals surface area contributed by atoms with Crippen LogP contribution in [0.2, 0.25) is 0 Å². The molecule has 1 spiro atoms. The minimum Gasteiger partial charge on any atom is -0.491 e. The molecule has 5 nitrogen and oxygen atoms in total. The molecule has 5 heteroatoms. The third kappa shape index (κ3) is 2.88. The molecule has 33 heavy (non-hydrogen) atoms. The summed E-state index contributed by atoms with van der Waals surface area (Å²) in [6.07, 6.45) is 3.18. The van der Waals surface area contributed by atoms with Gasteiger partial charge in [-0.25, -0.2) is 0 Å². The average Bonchev–Trinajstić information content (AvgIpc) is 3.50. The van der Waals surface area contributed by atoms with Gasteiger partial charge in [0.25, 0.3) is 0 Å². The standard InChI is InChI=1S/C28H27NO4/c1-3-4-5-13-29-22-8-6-7-20(19-11-9-18(2)10-12-19)26(22)28(27(29)30)16-31-23-15-25-24(14-21(23)28)32-17-33-25/h6-12,14-15H,3-5,13,16-17H2,1-2H3. The van der Waals surface area contributed by atoms with Crippen LogP contribution < -0.4 is 19.1 Å². The van der Waals surface area contributed by atoms with Crippen LogP contribution in [0.4, 0.5) is 5.69 Å². The molecule has 3 aromatic rings. The van der Waals surface area contributed by atoms with E-state index in [0.29, 0.717) is 23.8 Å². The Hall–Kier alpha value is -3.47. The van der Waals surface area contributed by atoms with Crippen LogP contribution in [0, 0.1) is 6.92 Å². The molecule has 3 aromatic carbocycles. The number of amides is 1. The van der Waals surface area contributed by atoms with Crippen molar-refractivity contribution in [2.45, 2.75) is 38.5 Å². The number of anilines is 1. The highest BCUT2D eigenvalue weighted by atomic mass is 16.7. The van der Waals surface area contributed by atoms with Crippen LogP contribution in [-0.4, -0.2) is 25.9 Å². The molecule has 3 aliphatic heterocycles. The van der Waals surface area contributed by atoms with Gasteiger partial charge in [0.15, 0.2) is 11.5 Å². The fourth-order valence-corrected chi connectivity index (χ4v) is 5.40. The Balaban J connectivity index is 1.58. The number of aryl methyl sites for hydroxylation is 1. The van der Waals surface area contributed by atoms with Crippen LogP contribution in [0.1, 0.15) is 42.9 Å². The van der Waals surface area contributed by atoms with E-state index in [0.717, 1.165) is 47.2 Å². The second kappa shape index (κ2) is 7.55. The number of hydrogen-bond donors (Lipinski definition) is 0. The van der Waals surface area contributed by atoms with Gasteiger partial charge in [0, 0.05) is 29.4 Å². The van der Waals surface area contributed by atoms with Gasteiger partial charge < -0.3 is 19.1 Å². The lowest BCUT2D eigenvalue weighted by Gasteiger charge is -2.24. The first-order valence-corrected chi connectivity index (χ1v) is 11.7. The summed E-state index contributed by atoms with van der Waals surface area (Å²) in [6.45, 7) is 5.44. The Labute approximate surface area is 193 Å². The summed E-state index contributed by atoms with van der Waals surface area (Å²) in [6, 6.07) is 18.6. The summed E-state index contributed by atoms with van der Waals surface area (Å²) in [5.41, 5.74) is 5.40. The van der Waals surface area contributed by atoms with E-state index < -0.39 is 5.41 Å². The number of carbonyl (C=O) groups is 1. The maximum absolute atomic E-state index is 14.3. The Morgan fingerprint density at radius 1 is 0.939 bits per heavy atom. The van der Waals surface area contributed by atoms with Gasteiger partial charge >= 0.3 is 0 Å². The first-order chi connectivity index (χ1) is 16.1. The number of unbranched alkanes of at least 4 members (excludes halogenated alkanes) is 2. The maximum Gasteiger partial charge on any atom is 0.245 e. The van der Waals surface area contributed by atoms with Crippen molar-refractivity contribution in [2.24, 2.45) is 0 Å². The molecular formula is C28H27NO4. The van der Waals surface area contributed by atoms with E-state index in [1.807, 2.05) is 17.0 Å². The first kappa shape index (κ1) is 20.2. The molecular weight excluding hydrogens is 414 g/mol. The van der Waals surface area contributed by atoms with Gasteiger partial charge in [0.05, 0.1) is 0 Å². The minimum atomic E-state index is -0.890. The van der Waals surface area contributed by atoms with Crippen LogP contribution in [0.5, 0.6) is 17.2 Å². The first-order valence-electron chi connectivity index (χ1n) is 11.7. The molecule has 0 saturated heterocycles. The van der Waals surface area contributed by atoms with Gasteiger partial charge in [0.2, 0.25) is 12.7 Å². The van der Waals surface area contributed by atoms with Crippen molar-refractivity contribution < 1.29 is 19.0 Å². The Morgan fingerprint density at radius 3 is 2.52 bits per heavy atom. The molecule has 1 amide bonds. The zero-order valence-electron chi connectivity index (χ0n) is 19.0. The van der Waals surface area contributed by atoms with Crippen molar-refractivity contribution in [3.8, 4) is 28.4 Å². The lowest BCUT2D eigenvalue weighted by Crippen LogP contribution is -2.43. The predicted octanol–water partition coefficient (Wildman–Crippen LogP) is 5.61. The molecule has 3 aliphatic rings. The number of nitrogens with zero attached hydrogens (tertiary/aromatic N) is 1. The van der Waals surface area contributed by atoms with Crippen LogP contribution in [0.15, 0.2) is 54.6 Å². The summed E-state index contributed by atoms with van der Waals surface area (Å²) < 4.78 is 17.4. The molecule has 6 rings (SSSR count). The molecule has 0 aliphatic carbocycles. The number of ether oxygens (including phenoxy) is 3. The maximum atomic E-state index is 14.3. The van der Waals surface area contributed by atoms with E-state index in [4.69, 9.17) is 14.2 Å². The predicted molar refractivity (Wildman–Crippen MR) is 127 cm³/mol. The van der Waals surface area contributed by atoms with Crippen molar-refractivity contribution in [1.29, 1.82) is 0 Å². The Kier molecular flexibility index (Phi) is 4.61. The topological polar surface area (TPSA) is 48.0 Å². The number of carbonyl (C=O) groups excluding carboxylic acids is 1. The number of benzene rings is 3. The molecule has 3 heterocycles. The van der Waals surface area contributed by atoms with Crippen molar-refractivity contribution >= 4 is 11.6 Å². The summed E-state index contributed by atoms with van der Waals surface area (Å²) in [5.74, 6) is 2.13. The van der Waals surface area contributed by atoms with E-state index in [9.17, 15) is 4.79 Å². The zero-order chi connectivity index (χ0) is 22.6. The summed E-state index contributed by atoms with van der Waals surface area (Å²) in [4.78, 5) is 16.2. The van der Waals surface area contributed by atoms with Crippen LogP contribution in [-0.2, 0) is 10.2 Å². The normalized spacial score (nSPS) is 19.7. The quantitative estimate of drug-likeness (QED) is 0.483. The van der Waals surface area contributed by atoms with Crippen LogP contribution in [0.3, 0.4) is 0 Å². The van der Waals surface area contributed by atoms with E-state index in [-0.39, 0.29) is 19.3 Å². The molecule has 1 unspecified atom stereocenters. The van der Waals surface area contributed by atoms with Crippen molar-refractivity contribution in [3.63, 3.8) is 0 Å². The third-order valence-electron chi connectivity index (χ3n) is 7.10. The highest BCUT2D eigenvalue weighted by Crippen LogP contribution is 2.57. The molecule has 1 atom stereocenters. The lowest BCUT2D eigenvalue weighted by atomic mass is 9.74. The second-order valence-corrected chi connectivity index (χ2v) is 9.13. The highest BCUT2D eigenvalue weighted by molar-refractivity contribution is 6.13. The zero-order valence-corrected chi connectivity index (χ0v) is 19.0. The summed E-state index contributed by atoms with van der Waals surface area (Å²) in [7, 11) is 0. The van der Waals surface area contributed by atoms with Crippen molar-refractivity contribution in [3.05, 3.63) is 71.3 Å². The Bertz CT molecular complexity index is 1250. The monoisotopic (exact) mass is 441 g/mol. The molecule has 0 radical (unpaired) electrons. The van der Waals surface area contributed by atoms with Crippen LogP contribution in [0.25, 0.3) is 11.1 Å². The van der Waals surface area contributed by atoms with Gasteiger partial charge in [-0.2, -0.15) is 0 Å². The van der Waals surface area contributed by atoms with E-state index in [1.54, 1.807) is 0 Å². The van der Waals surface area contributed by atoms with Crippen molar-refractivity contribution in [1.82, 2.24) is 0 Å². The molecule has 0 N–H and O–H groups in total. The highest BCUT2D eigenvalue weighted by Gasteiger charge is 2.58. The number of rotatable bonds is 5. The number of hydrogen-bond acceptors (Lipinski definition) is 4. The Morgan fingerprint density at radius 2 is 1.73 bits per heavy atom. The van der Waals surface area contributed by atoms with Gasteiger partial charge in [0.1, 0.15) is 17.8 Å². The van der Waals surface area contributed by atoms with E-state index in [2.05, 4.69) is 56.3 Å². The smallest absolute Gasteiger partial charge is 0.245 e. The summed E-state index contributed by atoms with van der Waals surface area (Å²) >= 11 is 0. The van der Waals surface area contributed by atoms with Gasteiger partial charge in [-0.3, -0.25) is 4.79 Å². The van der Waals surface area contributed by atoms with Crippen LogP contribution >= 0.6 is 0 Å². The molecule has 0 aromatic heterocycles. The average molecular weight is 442 g/mol. The fourth-order valence-electron chi connectivity index (χ4n) is 5.40. The number of fused-ring (bicyclic) bond motifs is 5. The summed E-state index contributed by atoms with van der Waals surface area (Å²) in [5, 5.41) is 0. The molecule has 0 fully saturated rings. The van der Waals surface area contributed by atoms with Gasteiger partial charge in [-0.1, -0.05) is 61.7 Å². The van der Waals surface area contributed by atoms with E-state index >= 15 is 0 Å². The molecule has 0 saturated carbocycles. The van der Waals surface area contributed by atoms with Gasteiger partial charge in [-0.05, 0) is 36.6 Å². The van der Waals surface area contributed by atoms with Crippen molar-refractivity contribution in [2.75, 3.05) is 24.8 Å². The third-order valence-corrected chi connectivity index (χ3v) is 7.10. The lowest BCUT2D eigenvalue weighted by molar-refractivity contribution is -0.122. The fraction of sp³-hybridized carbons (Fsp3) is 0.321. The second-order valence-electron chi connectivity index (χ2n) is 9.13. The van der Waals surface area contributed by atoms with E-state index in [1.165, 1.54) is 5.56 Å². The SMILES string of the molecule is CCCCCN1C(=O)C2(COc3cc4c(cc32)OCO4)c2c(-c3ccc(C)cc3)cccc21. The molecule has 168 valence electrons. The minimum absolute atomic E-state index is 0.0887. The largest absolute Gasteiger partial charge is 0.491 e.